The molecule has 0 saturated carbocycles. The van der Waals surface area contributed by atoms with Gasteiger partial charge in [0.15, 0.2) is 0 Å². The lowest BCUT2D eigenvalue weighted by Gasteiger charge is -2.33. The summed E-state index contributed by atoms with van der Waals surface area (Å²) >= 11 is 0. The summed E-state index contributed by atoms with van der Waals surface area (Å²) in [6.07, 6.45) is 5.63. The van der Waals surface area contributed by atoms with Crippen LogP contribution in [0.5, 0.6) is 0 Å². The monoisotopic (exact) mass is 329 g/mol. The summed E-state index contributed by atoms with van der Waals surface area (Å²) in [6.45, 7) is 3.35. The molecule has 2 aromatic rings. The Bertz CT molecular complexity index is 776. The SMILES string of the molecule is Cc1ncncc1C(=O)N1CCOC(CCc2cc(=O)[nH]cn2)C1. The van der Waals surface area contributed by atoms with Crippen LogP contribution in [0.25, 0.3) is 0 Å². The molecular weight excluding hydrogens is 310 g/mol. The summed E-state index contributed by atoms with van der Waals surface area (Å²) in [5.41, 5.74) is 1.75. The molecule has 0 spiro atoms. The summed E-state index contributed by atoms with van der Waals surface area (Å²) in [5, 5.41) is 0. The van der Waals surface area contributed by atoms with Gasteiger partial charge >= 0.3 is 0 Å². The summed E-state index contributed by atoms with van der Waals surface area (Å²) in [7, 11) is 0. The predicted molar refractivity (Wildman–Crippen MR) is 85.6 cm³/mol. The number of rotatable bonds is 4. The fourth-order valence-electron chi connectivity index (χ4n) is 2.70. The highest BCUT2D eigenvalue weighted by Gasteiger charge is 2.26. The number of nitrogens with one attached hydrogen (secondary N) is 1. The van der Waals surface area contributed by atoms with E-state index in [9.17, 15) is 9.59 Å². The number of nitrogens with zero attached hydrogens (tertiary/aromatic N) is 4. The van der Waals surface area contributed by atoms with Crippen molar-refractivity contribution >= 4 is 5.91 Å². The van der Waals surface area contributed by atoms with Crippen LogP contribution in [0, 0.1) is 6.92 Å². The number of ether oxygens (including phenoxy) is 1. The van der Waals surface area contributed by atoms with Gasteiger partial charge in [-0.05, 0) is 19.8 Å². The average molecular weight is 329 g/mol. The molecule has 0 bridgehead atoms. The summed E-state index contributed by atoms with van der Waals surface area (Å²) in [6, 6.07) is 1.48. The summed E-state index contributed by atoms with van der Waals surface area (Å²) in [4.78, 5) is 40.3. The van der Waals surface area contributed by atoms with Crippen LogP contribution >= 0.6 is 0 Å². The molecule has 2 aromatic heterocycles. The van der Waals surface area contributed by atoms with E-state index in [1.54, 1.807) is 18.0 Å². The van der Waals surface area contributed by atoms with Gasteiger partial charge in [0.25, 0.3) is 11.5 Å². The first-order valence-electron chi connectivity index (χ1n) is 7.84. The molecule has 1 atom stereocenters. The van der Waals surface area contributed by atoms with E-state index >= 15 is 0 Å². The van der Waals surface area contributed by atoms with Crippen molar-refractivity contribution in [2.75, 3.05) is 19.7 Å². The van der Waals surface area contributed by atoms with Crippen molar-refractivity contribution in [2.45, 2.75) is 25.9 Å². The highest BCUT2D eigenvalue weighted by atomic mass is 16.5. The van der Waals surface area contributed by atoms with Crippen LogP contribution in [0.2, 0.25) is 0 Å². The molecular formula is C16H19N5O3. The zero-order chi connectivity index (χ0) is 16.9. The van der Waals surface area contributed by atoms with Gasteiger partial charge in [-0.3, -0.25) is 9.59 Å². The van der Waals surface area contributed by atoms with E-state index in [0.717, 1.165) is 5.69 Å². The molecule has 1 aliphatic heterocycles. The highest BCUT2D eigenvalue weighted by molar-refractivity contribution is 5.94. The third-order valence-electron chi connectivity index (χ3n) is 4.03. The van der Waals surface area contributed by atoms with Crippen LogP contribution in [-0.4, -0.2) is 56.5 Å². The maximum absolute atomic E-state index is 12.6. The van der Waals surface area contributed by atoms with Gasteiger partial charge < -0.3 is 14.6 Å². The smallest absolute Gasteiger partial charge is 0.257 e. The predicted octanol–water partition coefficient (Wildman–Crippen LogP) is 0.342. The van der Waals surface area contributed by atoms with Crippen molar-refractivity contribution in [2.24, 2.45) is 0 Å². The van der Waals surface area contributed by atoms with Gasteiger partial charge in [0.2, 0.25) is 0 Å². The number of carbonyl (C=O) groups is 1. The van der Waals surface area contributed by atoms with Crippen LogP contribution in [0.1, 0.15) is 28.2 Å². The van der Waals surface area contributed by atoms with Crippen molar-refractivity contribution in [3.05, 3.63) is 52.2 Å². The van der Waals surface area contributed by atoms with Gasteiger partial charge in [0, 0.05) is 31.0 Å². The Kier molecular flexibility index (Phi) is 4.95. The van der Waals surface area contributed by atoms with E-state index in [-0.39, 0.29) is 17.6 Å². The summed E-state index contributed by atoms with van der Waals surface area (Å²) < 4.78 is 5.74. The van der Waals surface area contributed by atoms with E-state index < -0.39 is 0 Å². The fraction of sp³-hybridized carbons (Fsp3) is 0.438. The Labute approximate surface area is 138 Å². The molecule has 8 heteroatoms. The largest absolute Gasteiger partial charge is 0.375 e. The normalized spacial score (nSPS) is 17.7. The number of hydrogen-bond acceptors (Lipinski definition) is 6. The van der Waals surface area contributed by atoms with Crippen molar-refractivity contribution in [3.63, 3.8) is 0 Å². The number of morpholine rings is 1. The van der Waals surface area contributed by atoms with E-state index in [1.165, 1.54) is 18.7 Å². The first-order chi connectivity index (χ1) is 11.6. The van der Waals surface area contributed by atoms with Gasteiger partial charge in [0.1, 0.15) is 6.33 Å². The van der Waals surface area contributed by atoms with Crippen LogP contribution in [0.4, 0.5) is 0 Å². The number of H-pyrrole nitrogens is 1. The minimum atomic E-state index is -0.166. The maximum Gasteiger partial charge on any atom is 0.257 e. The van der Waals surface area contributed by atoms with Crippen LogP contribution in [0.15, 0.2) is 29.7 Å². The molecule has 1 N–H and O–H groups in total. The Balaban J connectivity index is 1.61. The van der Waals surface area contributed by atoms with Crippen molar-refractivity contribution in [1.29, 1.82) is 0 Å². The molecule has 1 amide bonds. The Hall–Kier alpha value is -2.61. The lowest BCUT2D eigenvalue weighted by atomic mass is 10.1. The molecule has 1 saturated heterocycles. The summed E-state index contributed by atoms with van der Waals surface area (Å²) in [5.74, 6) is -0.0734. The topological polar surface area (TPSA) is 101 Å². The third-order valence-corrected chi connectivity index (χ3v) is 4.03. The maximum atomic E-state index is 12.6. The molecule has 0 aromatic carbocycles. The minimum absolute atomic E-state index is 0.0734. The number of aromatic amines is 1. The van der Waals surface area contributed by atoms with Crippen molar-refractivity contribution < 1.29 is 9.53 Å². The molecule has 3 heterocycles. The second-order valence-electron chi connectivity index (χ2n) is 5.71. The van der Waals surface area contributed by atoms with Crippen LogP contribution < -0.4 is 5.56 Å². The molecule has 0 aliphatic carbocycles. The number of hydrogen-bond donors (Lipinski definition) is 1. The van der Waals surface area contributed by atoms with Gasteiger partial charge in [-0.2, -0.15) is 0 Å². The van der Waals surface area contributed by atoms with Crippen molar-refractivity contribution in [3.8, 4) is 0 Å². The zero-order valence-corrected chi connectivity index (χ0v) is 13.4. The molecule has 1 unspecified atom stereocenters. The zero-order valence-electron chi connectivity index (χ0n) is 13.4. The first kappa shape index (κ1) is 16.3. The van der Waals surface area contributed by atoms with E-state index in [0.29, 0.717) is 43.8 Å². The standard InChI is InChI=1S/C16H19N5O3/c1-11-14(7-17-9-18-11)16(23)21-4-5-24-13(8-21)3-2-12-6-15(22)20-10-19-12/h6-7,9-10,13H,2-5,8H2,1H3,(H,19,20,22). The second kappa shape index (κ2) is 7.31. The minimum Gasteiger partial charge on any atom is -0.375 e. The van der Waals surface area contributed by atoms with Crippen LogP contribution in [0.3, 0.4) is 0 Å². The highest BCUT2D eigenvalue weighted by Crippen LogP contribution is 2.15. The van der Waals surface area contributed by atoms with Gasteiger partial charge in [0.05, 0.1) is 30.3 Å². The van der Waals surface area contributed by atoms with E-state index in [2.05, 4.69) is 19.9 Å². The second-order valence-corrected chi connectivity index (χ2v) is 5.71. The van der Waals surface area contributed by atoms with Crippen molar-refractivity contribution in [1.82, 2.24) is 24.8 Å². The average Bonchev–Trinajstić information content (AvgIpc) is 2.60. The van der Waals surface area contributed by atoms with Gasteiger partial charge in [-0.1, -0.05) is 0 Å². The molecule has 0 radical (unpaired) electrons. The number of aryl methyl sites for hydroxylation is 2. The third kappa shape index (κ3) is 3.83. The molecule has 24 heavy (non-hydrogen) atoms. The lowest BCUT2D eigenvalue weighted by molar-refractivity contribution is -0.0247. The number of amides is 1. The Morgan fingerprint density at radius 3 is 3.12 bits per heavy atom. The lowest BCUT2D eigenvalue weighted by Crippen LogP contribution is -2.46. The molecule has 126 valence electrons. The molecule has 1 aliphatic rings. The molecule has 3 rings (SSSR count). The quantitative estimate of drug-likeness (QED) is 0.868. The molecule has 1 fully saturated rings. The van der Waals surface area contributed by atoms with Gasteiger partial charge in [-0.15, -0.1) is 0 Å². The Morgan fingerprint density at radius 2 is 2.33 bits per heavy atom. The Morgan fingerprint density at radius 1 is 1.46 bits per heavy atom. The van der Waals surface area contributed by atoms with Crippen LogP contribution in [-0.2, 0) is 11.2 Å². The fourth-order valence-corrected chi connectivity index (χ4v) is 2.70. The first-order valence-corrected chi connectivity index (χ1v) is 7.84. The van der Waals surface area contributed by atoms with Gasteiger partial charge in [-0.25, -0.2) is 15.0 Å². The number of carbonyl (C=O) groups excluding carboxylic acids is 1. The number of aromatic nitrogens is 4. The molecule has 8 nitrogen and oxygen atoms in total. The van der Waals surface area contributed by atoms with E-state index in [4.69, 9.17) is 4.74 Å². The van der Waals surface area contributed by atoms with E-state index in [1.807, 2.05) is 0 Å².